The maximum atomic E-state index is 11.6. The van der Waals surface area contributed by atoms with Crippen LogP contribution in [0.3, 0.4) is 0 Å². The van der Waals surface area contributed by atoms with Gasteiger partial charge in [0, 0.05) is 13.1 Å². The van der Waals surface area contributed by atoms with E-state index in [1.54, 1.807) is 4.90 Å². The summed E-state index contributed by atoms with van der Waals surface area (Å²) in [4.78, 5) is 13.3. The van der Waals surface area contributed by atoms with Crippen LogP contribution in [0.1, 0.15) is 33.6 Å². The molecule has 5 heteroatoms. The summed E-state index contributed by atoms with van der Waals surface area (Å²) in [6.07, 6.45) is 1.30. The summed E-state index contributed by atoms with van der Waals surface area (Å²) in [6.45, 7) is 6.89. The monoisotopic (exact) mass is 230 g/mol. The Morgan fingerprint density at radius 1 is 1.31 bits per heavy atom. The quantitative estimate of drug-likeness (QED) is 0.743. The van der Waals surface area contributed by atoms with Crippen LogP contribution in [0.25, 0.3) is 0 Å². The molecule has 1 rings (SSSR count). The number of amides is 1. The molecule has 1 saturated heterocycles. The molecule has 0 radical (unpaired) electrons. The van der Waals surface area contributed by atoms with Crippen LogP contribution in [0.5, 0.6) is 0 Å². The number of hydrogen-bond donors (Lipinski definition) is 1. The van der Waals surface area contributed by atoms with Gasteiger partial charge < -0.3 is 20.1 Å². The molecule has 0 aromatic heterocycles. The van der Waals surface area contributed by atoms with Crippen LogP contribution in [0.4, 0.5) is 4.79 Å². The first-order valence-electron chi connectivity index (χ1n) is 5.85. The van der Waals surface area contributed by atoms with Gasteiger partial charge in [-0.15, -0.1) is 0 Å². The molecule has 1 aliphatic heterocycles. The minimum Gasteiger partial charge on any atom is -0.447 e. The van der Waals surface area contributed by atoms with Crippen molar-refractivity contribution >= 4 is 6.09 Å². The highest BCUT2D eigenvalue weighted by Crippen LogP contribution is 2.15. The van der Waals surface area contributed by atoms with Gasteiger partial charge in [-0.2, -0.15) is 0 Å². The van der Waals surface area contributed by atoms with Crippen molar-refractivity contribution in [1.82, 2.24) is 4.90 Å². The second kappa shape index (κ2) is 6.06. The van der Waals surface area contributed by atoms with E-state index in [2.05, 4.69) is 0 Å². The van der Waals surface area contributed by atoms with Gasteiger partial charge in [-0.05, 0) is 33.6 Å². The zero-order valence-electron chi connectivity index (χ0n) is 10.3. The van der Waals surface area contributed by atoms with Crippen LogP contribution < -0.4 is 5.73 Å². The summed E-state index contributed by atoms with van der Waals surface area (Å²) in [5.41, 5.74) is 5.56. The number of carbonyl (C=O) groups is 1. The van der Waals surface area contributed by atoms with E-state index in [1.165, 1.54) is 0 Å². The van der Waals surface area contributed by atoms with E-state index in [-0.39, 0.29) is 24.5 Å². The van der Waals surface area contributed by atoms with Gasteiger partial charge in [-0.3, -0.25) is 0 Å². The van der Waals surface area contributed by atoms with Crippen molar-refractivity contribution < 1.29 is 14.3 Å². The molecule has 0 aliphatic carbocycles. The molecule has 1 heterocycles. The fraction of sp³-hybridized carbons (Fsp3) is 0.909. The van der Waals surface area contributed by atoms with Gasteiger partial charge in [0.1, 0.15) is 6.23 Å². The predicted octanol–water partition coefficient (Wildman–Crippen LogP) is 1.32. The van der Waals surface area contributed by atoms with Gasteiger partial charge in [0.05, 0.1) is 12.2 Å². The van der Waals surface area contributed by atoms with E-state index in [0.717, 1.165) is 12.8 Å². The largest absolute Gasteiger partial charge is 0.447 e. The van der Waals surface area contributed by atoms with Crippen molar-refractivity contribution in [3.63, 3.8) is 0 Å². The normalized spacial score (nSPS) is 19.9. The fourth-order valence-corrected chi connectivity index (χ4v) is 1.75. The average Bonchev–Trinajstić information content (AvgIpc) is 2.16. The molecule has 1 amide bonds. The first-order chi connectivity index (χ1) is 7.49. The van der Waals surface area contributed by atoms with Gasteiger partial charge in [0.2, 0.25) is 0 Å². The molecular formula is C11H22N2O3. The van der Waals surface area contributed by atoms with Crippen LogP contribution in [0, 0.1) is 0 Å². The summed E-state index contributed by atoms with van der Waals surface area (Å²) >= 11 is 0. The third-order valence-corrected chi connectivity index (χ3v) is 2.44. The third-order valence-electron chi connectivity index (χ3n) is 2.44. The predicted molar refractivity (Wildman–Crippen MR) is 60.9 cm³/mol. The molecule has 94 valence electrons. The Morgan fingerprint density at radius 2 is 1.88 bits per heavy atom. The number of likely N-dealkylation sites (tertiary alicyclic amines) is 1. The molecular weight excluding hydrogens is 208 g/mol. The van der Waals surface area contributed by atoms with Crippen molar-refractivity contribution in [1.29, 1.82) is 0 Å². The van der Waals surface area contributed by atoms with E-state index in [4.69, 9.17) is 15.2 Å². The highest BCUT2D eigenvalue weighted by molar-refractivity contribution is 5.67. The number of hydrogen-bond acceptors (Lipinski definition) is 4. The van der Waals surface area contributed by atoms with Crippen LogP contribution in [0.15, 0.2) is 0 Å². The Kier molecular flexibility index (Phi) is 5.02. The molecule has 0 aromatic rings. The maximum Gasteiger partial charge on any atom is 0.410 e. The van der Waals surface area contributed by atoms with Gasteiger partial charge in [0.15, 0.2) is 0 Å². The van der Waals surface area contributed by atoms with E-state index in [1.807, 2.05) is 20.8 Å². The lowest BCUT2D eigenvalue weighted by molar-refractivity contribution is -0.0322. The Bertz CT molecular complexity index is 223. The number of nitrogens with two attached hydrogens (primary N) is 1. The summed E-state index contributed by atoms with van der Waals surface area (Å²) in [5, 5.41) is 0. The number of piperidine rings is 1. The SMILES string of the molecule is CC(C)OC(=O)N1CCC(O[C@H](C)N)CC1. The topological polar surface area (TPSA) is 64.8 Å². The lowest BCUT2D eigenvalue weighted by Gasteiger charge is -2.32. The van der Waals surface area contributed by atoms with Crippen molar-refractivity contribution in [2.75, 3.05) is 13.1 Å². The smallest absolute Gasteiger partial charge is 0.410 e. The molecule has 0 unspecified atom stereocenters. The van der Waals surface area contributed by atoms with Crippen LogP contribution >= 0.6 is 0 Å². The highest BCUT2D eigenvalue weighted by Gasteiger charge is 2.25. The minimum atomic E-state index is -0.237. The van der Waals surface area contributed by atoms with Crippen molar-refractivity contribution in [3.8, 4) is 0 Å². The van der Waals surface area contributed by atoms with E-state index < -0.39 is 0 Å². The highest BCUT2D eigenvalue weighted by atomic mass is 16.6. The van der Waals surface area contributed by atoms with Gasteiger partial charge in [-0.25, -0.2) is 4.79 Å². The lowest BCUT2D eigenvalue weighted by atomic mass is 10.1. The van der Waals surface area contributed by atoms with Gasteiger partial charge in [0.25, 0.3) is 0 Å². The van der Waals surface area contributed by atoms with Crippen molar-refractivity contribution in [3.05, 3.63) is 0 Å². The lowest BCUT2D eigenvalue weighted by Crippen LogP contribution is -2.43. The average molecular weight is 230 g/mol. The fourth-order valence-electron chi connectivity index (χ4n) is 1.75. The Balaban J connectivity index is 2.28. The Labute approximate surface area is 96.9 Å². The zero-order valence-corrected chi connectivity index (χ0v) is 10.3. The molecule has 1 atom stereocenters. The molecule has 2 N–H and O–H groups in total. The molecule has 0 saturated carbocycles. The molecule has 1 aliphatic rings. The van der Waals surface area contributed by atoms with Crippen molar-refractivity contribution in [2.45, 2.75) is 52.0 Å². The summed E-state index contributed by atoms with van der Waals surface area (Å²) in [5.74, 6) is 0. The molecule has 16 heavy (non-hydrogen) atoms. The van der Waals surface area contributed by atoms with Crippen LogP contribution in [-0.2, 0) is 9.47 Å². The first-order valence-corrected chi connectivity index (χ1v) is 5.85. The maximum absolute atomic E-state index is 11.6. The number of rotatable bonds is 3. The standard InChI is InChI=1S/C11H22N2O3/c1-8(2)15-11(14)13-6-4-10(5-7-13)16-9(3)12/h8-10H,4-7,12H2,1-3H3/t9-/m1/s1. The molecule has 0 spiro atoms. The van der Waals surface area contributed by atoms with E-state index in [9.17, 15) is 4.79 Å². The van der Waals surface area contributed by atoms with Gasteiger partial charge >= 0.3 is 6.09 Å². The number of nitrogens with zero attached hydrogens (tertiary/aromatic N) is 1. The van der Waals surface area contributed by atoms with E-state index in [0.29, 0.717) is 13.1 Å². The van der Waals surface area contributed by atoms with Crippen molar-refractivity contribution in [2.24, 2.45) is 5.73 Å². The number of carbonyl (C=O) groups excluding carboxylic acids is 1. The van der Waals surface area contributed by atoms with E-state index >= 15 is 0 Å². The zero-order chi connectivity index (χ0) is 12.1. The molecule has 1 fully saturated rings. The molecule has 0 aromatic carbocycles. The number of ether oxygens (including phenoxy) is 2. The minimum absolute atomic E-state index is 0.0643. The molecule has 0 bridgehead atoms. The summed E-state index contributed by atoms with van der Waals surface area (Å²) < 4.78 is 10.6. The third kappa shape index (κ3) is 4.37. The Morgan fingerprint density at radius 3 is 2.31 bits per heavy atom. The Hall–Kier alpha value is -0.810. The molecule has 5 nitrogen and oxygen atoms in total. The second-order valence-corrected chi connectivity index (χ2v) is 4.46. The van der Waals surface area contributed by atoms with Gasteiger partial charge in [-0.1, -0.05) is 0 Å². The second-order valence-electron chi connectivity index (χ2n) is 4.46. The van der Waals surface area contributed by atoms with Crippen LogP contribution in [0.2, 0.25) is 0 Å². The van der Waals surface area contributed by atoms with Crippen LogP contribution in [-0.4, -0.2) is 42.5 Å². The summed E-state index contributed by atoms with van der Waals surface area (Å²) in [6, 6.07) is 0. The first kappa shape index (κ1) is 13.3. The summed E-state index contributed by atoms with van der Waals surface area (Å²) in [7, 11) is 0.